The number of nitrogens with zero attached hydrogens (tertiary/aromatic N) is 2. The molecule has 1 aromatic heterocycles. The molecule has 2 aromatic rings. The summed E-state index contributed by atoms with van der Waals surface area (Å²) in [6.45, 7) is 5.75. The Morgan fingerprint density at radius 1 is 1.15 bits per heavy atom. The number of nitrogens with two attached hydrogens (primary N) is 1. The maximum absolute atomic E-state index is 5.58. The maximum Gasteiger partial charge on any atom is 0.221 e. The maximum atomic E-state index is 5.58. The molecule has 0 atom stereocenters. The second-order valence-corrected chi connectivity index (χ2v) is 4.46. The van der Waals surface area contributed by atoms with Crippen molar-refractivity contribution in [3.8, 4) is 5.88 Å². The topological polar surface area (TPSA) is 73.1 Å². The highest BCUT2D eigenvalue weighted by Gasteiger charge is 2.07. The first kappa shape index (κ1) is 14.3. The molecule has 0 aliphatic carbocycles. The average Bonchev–Trinajstić information content (AvgIpc) is 2.49. The lowest BCUT2D eigenvalue weighted by Crippen LogP contribution is -2.06. The summed E-state index contributed by atoms with van der Waals surface area (Å²) in [6.07, 6.45) is 1.51. The Morgan fingerprint density at radius 2 is 1.85 bits per heavy atom. The summed E-state index contributed by atoms with van der Waals surface area (Å²) in [6, 6.07) is 8.20. The molecule has 0 unspecified atom stereocenters. The zero-order valence-electron chi connectivity index (χ0n) is 11.9. The first-order valence-electron chi connectivity index (χ1n) is 6.70. The zero-order chi connectivity index (χ0) is 14.4. The molecule has 3 N–H and O–H groups in total. The van der Waals surface area contributed by atoms with Crippen molar-refractivity contribution < 1.29 is 4.74 Å². The Kier molecular flexibility index (Phi) is 4.90. The normalized spacial score (nSPS) is 10.3. The highest BCUT2D eigenvalue weighted by atomic mass is 16.5. The molecule has 0 fully saturated rings. The first-order valence-corrected chi connectivity index (χ1v) is 6.70. The Labute approximate surface area is 119 Å². The van der Waals surface area contributed by atoms with E-state index in [4.69, 9.17) is 10.5 Å². The number of hydrogen-bond donors (Lipinski definition) is 2. The number of benzene rings is 1. The van der Waals surface area contributed by atoms with E-state index in [9.17, 15) is 0 Å². The largest absolute Gasteiger partial charge is 0.478 e. The molecular formula is C15H20N4O. The summed E-state index contributed by atoms with van der Waals surface area (Å²) >= 11 is 0. The predicted molar refractivity (Wildman–Crippen MR) is 79.6 cm³/mol. The van der Waals surface area contributed by atoms with Gasteiger partial charge in [-0.15, -0.1) is 0 Å². The van der Waals surface area contributed by atoms with E-state index in [1.165, 1.54) is 11.9 Å². The van der Waals surface area contributed by atoms with E-state index in [1.807, 2.05) is 26.0 Å². The summed E-state index contributed by atoms with van der Waals surface area (Å²) in [5.41, 5.74) is 8.82. The third-order valence-corrected chi connectivity index (χ3v) is 3.04. The van der Waals surface area contributed by atoms with E-state index < -0.39 is 0 Å². The molecule has 0 aliphatic rings. The third-order valence-electron chi connectivity index (χ3n) is 3.04. The van der Waals surface area contributed by atoms with Crippen molar-refractivity contribution in [2.45, 2.75) is 26.9 Å². The second kappa shape index (κ2) is 6.86. The standard InChI is InChI=1S/C15H20N4O/c1-3-20-15-11(2)14(18-10-19-15)17-9-13-6-4-12(8-16)5-7-13/h4-7,10H,3,8-9,16H2,1-2H3,(H,17,18,19). The number of ether oxygens (including phenoxy) is 1. The molecule has 0 spiro atoms. The number of aromatic nitrogens is 2. The fourth-order valence-electron chi connectivity index (χ4n) is 1.87. The highest BCUT2D eigenvalue weighted by molar-refractivity contribution is 5.48. The van der Waals surface area contributed by atoms with Gasteiger partial charge >= 0.3 is 0 Å². The molecule has 5 heteroatoms. The van der Waals surface area contributed by atoms with Gasteiger partial charge in [-0.1, -0.05) is 24.3 Å². The lowest BCUT2D eigenvalue weighted by Gasteiger charge is -2.11. The van der Waals surface area contributed by atoms with Crippen LogP contribution in [0, 0.1) is 6.92 Å². The van der Waals surface area contributed by atoms with E-state index >= 15 is 0 Å². The average molecular weight is 272 g/mol. The van der Waals surface area contributed by atoms with Crippen LogP contribution >= 0.6 is 0 Å². The first-order chi connectivity index (χ1) is 9.74. The molecule has 5 nitrogen and oxygen atoms in total. The lowest BCUT2D eigenvalue weighted by molar-refractivity contribution is 0.324. The fourth-order valence-corrected chi connectivity index (χ4v) is 1.87. The quantitative estimate of drug-likeness (QED) is 0.843. The van der Waals surface area contributed by atoms with Gasteiger partial charge in [-0.3, -0.25) is 0 Å². The molecule has 0 saturated carbocycles. The van der Waals surface area contributed by atoms with Gasteiger partial charge in [0.25, 0.3) is 0 Å². The molecule has 0 saturated heterocycles. The van der Waals surface area contributed by atoms with Gasteiger partial charge in [0.1, 0.15) is 12.1 Å². The van der Waals surface area contributed by atoms with Crippen molar-refractivity contribution in [1.82, 2.24) is 9.97 Å². The summed E-state index contributed by atoms with van der Waals surface area (Å²) in [4.78, 5) is 8.37. The van der Waals surface area contributed by atoms with Crippen LogP contribution < -0.4 is 15.8 Å². The van der Waals surface area contributed by atoms with Crippen LogP contribution in [0.25, 0.3) is 0 Å². The van der Waals surface area contributed by atoms with Gasteiger partial charge in [0.15, 0.2) is 0 Å². The van der Waals surface area contributed by atoms with Gasteiger partial charge in [-0.25, -0.2) is 9.97 Å². The van der Waals surface area contributed by atoms with Crippen molar-refractivity contribution in [2.75, 3.05) is 11.9 Å². The minimum absolute atomic E-state index is 0.566. The van der Waals surface area contributed by atoms with Gasteiger partial charge in [-0.2, -0.15) is 0 Å². The smallest absolute Gasteiger partial charge is 0.221 e. The Bertz CT molecular complexity index is 554. The van der Waals surface area contributed by atoms with Gasteiger partial charge in [0, 0.05) is 13.1 Å². The van der Waals surface area contributed by atoms with Crippen molar-refractivity contribution in [3.05, 3.63) is 47.3 Å². The molecule has 1 heterocycles. The molecule has 106 valence electrons. The van der Waals surface area contributed by atoms with E-state index in [2.05, 4.69) is 27.4 Å². The summed E-state index contributed by atoms with van der Waals surface area (Å²) in [5, 5.41) is 3.30. The summed E-state index contributed by atoms with van der Waals surface area (Å²) in [5.74, 6) is 1.43. The van der Waals surface area contributed by atoms with Gasteiger partial charge in [-0.05, 0) is 25.0 Å². The third kappa shape index (κ3) is 3.45. The Hall–Kier alpha value is -2.14. The fraction of sp³-hybridized carbons (Fsp3) is 0.333. The predicted octanol–water partition coefficient (Wildman–Crippen LogP) is 2.25. The number of hydrogen-bond acceptors (Lipinski definition) is 5. The molecule has 0 bridgehead atoms. The monoisotopic (exact) mass is 272 g/mol. The van der Waals surface area contributed by atoms with Crippen LogP contribution in [0.4, 0.5) is 5.82 Å². The minimum atomic E-state index is 0.566. The van der Waals surface area contributed by atoms with E-state index in [-0.39, 0.29) is 0 Å². The second-order valence-electron chi connectivity index (χ2n) is 4.46. The van der Waals surface area contributed by atoms with Gasteiger partial charge in [0.2, 0.25) is 5.88 Å². The molecule has 20 heavy (non-hydrogen) atoms. The van der Waals surface area contributed by atoms with Crippen molar-refractivity contribution in [2.24, 2.45) is 5.73 Å². The van der Waals surface area contributed by atoms with Crippen molar-refractivity contribution >= 4 is 5.82 Å². The van der Waals surface area contributed by atoms with Crippen LogP contribution in [0.1, 0.15) is 23.6 Å². The summed E-state index contributed by atoms with van der Waals surface area (Å²) in [7, 11) is 0. The molecule has 1 aromatic carbocycles. The molecule has 0 radical (unpaired) electrons. The van der Waals surface area contributed by atoms with Crippen LogP contribution in [0.15, 0.2) is 30.6 Å². The SMILES string of the molecule is CCOc1ncnc(NCc2ccc(CN)cc2)c1C. The van der Waals surface area contributed by atoms with Crippen molar-refractivity contribution in [1.29, 1.82) is 0 Å². The number of anilines is 1. The van der Waals surface area contributed by atoms with E-state index in [0.717, 1.165) is 16.9 Å². The molecular weight excluding hydrogens is 252 g/mol. The van der Waals surface area contributed by atoms with E-state index in [1.54, 1.807) is 0 Å². The highest BCUT2D eigenvalue weighted by Crippen LogP contribution is 2.20. The minimum Gasteiger partial charge on any atom is -0.478 e. The van der Waals surface area contributed by atoms with Crippen LogP contribution in [0.2, 0.25) is 0 Å². The van der Waals surface area contributed by atoms with Crippen molar-refractivity contribution in [3.63, 3.8) is 0 Å². The van der Waals surface area contributed by atoms with Crippen LogP contribution in [-0.2, 0) is 13.1 Å². The Morgan fingerprint density at radius 3 is 2.50 bits per heavy atom. The van der Waals surface area contributed by atoms with Gasteiger partial charge in [0.05, 0.1) is 12.2 Å². The lowest BCUT2D eigenvalue weighted by atomic mass is 10.1. The number of rotatable bonds is 6. The molecule has 2 rings (SSSR count). The number of nitrogens with one attached hydrogen (secondary N) is 1. The van der Waals surface area contributed by atoms with E-state index in [0.29, 0.717) is 25.6 Å². The van der Waals surface area contributed by atoms with Crippen LogP contribution in [-0.4, -0.2) is 16.6 Å². The van der Waals surface area contributed by atoms with Crippen LogP contribution in [0.5, 0.6) is 5.88 Å². The molecule has 0 aliphatic heterocycles. The molecule has 0 amide bonds. The Balaban J connectivity index is 2.04. The summed E-state index contributed by atoms with van der Waals surface area (Å²) < 4.78 is 5.45. The zero-order valence-corrected chi connectivity index (χ0v) is 11.9. The van der Waals surface area contributed by atoms with Crippen LogP contribution in [0.3, 0.4) is 0 Å². The van der Waals surface area contributed by atoms with Gasteiger partial charge < -0.3 is 15.8 Å².